The molecule has 2 rings (SSSR count). The Morgan fingerprint density at radius 2 is 1.77 bits per heavy atom. The standard InChI is InChI=1S/C21H25NO2.I2/c1-15(2)18-7-6-8-19(13-18)21(4,5)22-20(23)24-14-17-11-9-16(3)10-12-17;1-2/h6-13H,1,14H2,2-5H3,(H,22,23);. The van der Waals surface area contributed by atoms with E-state index in [2.05, 4.69) is 49.1 Å². The minimum absolute atomic E-state index is 0.258. The van der Waals surface area contributed by atoms with Crippen LogP contribution in [-0.4, -0.2) is 6.09 Å². The van der Waals surface area contributed by atoms with E-state index in [1.807, 2.05) is 76.2 Å². The molecule has 1 N–H and O–H groups in total. The quantitative estimate of drug-likeness (QED) is 0.391. The predicted molar refractivity (Wildman–Crippen MR) is 127 cm³/mol. The van der Waals surface area contributed by atoms with Crippen LogP contribution in [0.4, 0.5) is 4.79 Å². The summed E-state index contributed by atoms with van der Waals surface area (Å²) in [5.41, 5.74) is 4.69. The van der Waals surface area contributed by atoms with Crippen molar-refractivity contribution in [1.29, 1.82) is 0 Å². The molecule has 0 saturated carbocycles. The fraction of sp³-hybridized carbons (Fsp3) is 0.286. The number of ether oxygens (including phenoxy) is 1. The van der Waals surface area contributed by atoms with Gasteiger partial charge in [0.25, 0.3) is 0 Å². The molecule has 0 saturated heterocycles. The molecular weight excluding hydrogens is 552 g/mol. The van der Waals surface area contributed by atoms with Gasteiger partial charge in [0.15, 0.2) is 0 Å². The minimum atomic E-state index is -0.532. The second-order valence-corrected chi connectivity index (χ2v) is 6.67. The third-order valence-corrected chi connectivity index (χ3v) is 3.98. The summed E-state index contributed by atoms with van der Waals surface area (Å²) < 4.78 is 5.34. The van der Waals surface area contributed by atoms with Crippen LogP contribution in [0.3, 0.4) is 0 Å². The Morgan fingerprint density at radius 3 is 2.35 bits per heavy atom. The van der Waals surface area contributed by atoms with Gasteiger partial charge in [-0.3, -0.25) is 0 Å². The predicted octanol–water partition coefficient (Wildman–Crippen LogP) is 6.96. The maximum Gasteiger partial charge on any atom is 0.408 e. The van der Waals surface area contributed by atoms with Crippen LogP contribution in [0.15, 0.2) is 55.1 Å². The average Bonchev–Trinajstić information content (AvgIpc) is 2.62. The highest BCUT2D eigenvalue weighted by atomic mass is 128. The molecule has 0 fully saturated rings. The highest BCUT2D eigenvalue weighted by Crippen LogP contribution is 2.23. The number of nitrogens with one attached hydrogen (secondary N) is 1. The zero-order chi connectivity index (χ0) is 19.7. The molecule has 26 heavy (non-hydrogen) atoms. The van der Waals surface area contributed by atoms with Gasteiger partial charge in [0.05, 0.1) is 5.54 Å². The summed E-state index contributed by atoms with van der Waals surface area (Å²) in [5, 5.41) is 2.93. The maximum absolute atomic E-state index is 12.1. The van der Waals surface area contributed by atoms with E-state index in [1.165, 1.54) is 5.56 Å². The van der Waals surface area contributed by atoms with E-state index in [9.17, 15) is 4.79 Å². The van der Waals surface area contributed by atoms with E-state index < -0.39 is 11.6 Å². The van der Waals surface area contributed by atoms with E-state index in [0.717, 1.165) is 22.3 Å². The van der Waals surface area contributed by atoms with Crippen molar-refractivity contribution in [1.82, 2.24) is 5.32 Å². The van der Waals surface area contributed by atoms with E-state index in [1.54, 1.807) is 0 Å². The number of carbonyl (C=O) groups is 1. The number of hydrogen-bond donors (Lipinski definition) is 1. The third kappa shape index (κ3) is 7.26. The summed E-state index contributed by atoms with van der Waals surface area (Å²) in [5.74, 6) is 0. The fourth-order valence-corrected chi connectivity index (χ4v) is 2.37. The summed E-state index contributed by atoms with van der Waals surface area (Å²) in [6, 6.07) is 16.0. The number of halogens is 2. The van der Waals surface area contributed by atoms with E-state index in [0.29, 0.717) is 0 Å². The Labute approximate surface area is 179 Å². The molecule has 1 amide bonds. The van der Waals surface area contributed by atoms with Gasteiger partial charge in [-0.25, -0.2) is 4.79 Å². The van der Waals surface area contributed by atoms with Crippen LogP contribution in [0.5, 0.6) is 0 Å². The Morgan fingerprint density at radius 1 is 1.15 bits per heavy atom. The van der Waals surface area contributed by atoms with Gasteiger partial charge >= 0.3 is 6.09 Å². The third-order valence-electron chi connectivity index (χ3n) is 3.98. The van der Waals surface area contributed by atoms with Crippen LogP contribution in [0.2, 0.25) is 0 Å². The average molecular weight is 577 g/mol. The molecule has 140 valence electrons. The smallest absolute Gasteiger partial charge is 0.408 e. The second-order valence-electron chi connectivity index (χ2n) is 6.67. The van der Waals surface area contributed by atoms with Gasteiger partial charge in [0, 0.05) is 37.2 Å². The van der Waals surface area contributed by atoms with Crippen LogP contribution >= 0.6 is 37.2 Å². The van der Waals surface area contributed by atoms with Crippen molar-refractivity contribution >= 4 is 48.9 Å². The van der Waals surface area contributed by atoms with Gasteiger partial charge in [-0.05, 0) is 50.5 Å². The summed E-state index contributed by atoms with van der Waals surface area (Å²) in [4.78, 5) is 12.1. The zero-order valence-corrected chi connectivity index (χ0v) is 19.9. The molecule has 5 heteroatoms. The van der Waals surface area contributed by atoms with Gasteiger partial charge < -0.3 is 10.1 Å². The fourth-order valence-electron chi connectivity index (χ4n) is 2.37. The van der Waals surface area contributed by atoms with Gasteiger partial charge in [-0.1, -0.05) is 60.2 Å². The Hall–Kier alpha value is -1.09. The molecule has 0 aliphatic heterocycles. The molecular formula is C21H25I2NO2. The molecule has 2 aromatic rings. The lowest BCUT2D eigenvalue weighted by atomic mass is 9.92. The molecule has 2 aromatic carbocycles. The molecule has 0 heterocycles. The first kappa shape index (κ1) is 23.0. The van der Waals surface area contributed by atoms with Crippen molar-refractivity contribution in [2.45, 2.75) is 39.8 Å². The Kier molecular flexibility index (Phi) is 9.63. The van der Waals surface area contributed by atoms with E-state index in [4.69, 9.17) is 4.74 Å². The number of carbonyl (C=O) groups excluding carboxylic acids is 1. The number of allylic oxidation sites excluding steroid dienone is 1. The first-order valence-corrected chi connectivity index (χ1v) is 14.5. The number of aryl methyl sites for hydroxylation is 1. The van der Waals surface area contributed by atoms with E-state index in [-0.39, 0.29) is 6.61 Å². The summed E-state index contributed by atoms with van der Waals surface area (Å²) in [7, 11) is 0. The van der Waals surface area contributed by atoms with Crippen LogP contribution < -0.4 is 5.32 Å². The van der Waals surface area contributed by atoms with Crippen molar-refractivity contribution in [2.75, 3.05) is 0 Å². The number of benzene rings is 2. The molecule has 0 aliphatic carbocycles. The van der Waals surface area contributed by atoms with Gasteiger partial charge in [0.1, 0.15) is 6.61 Å². The second kappa shape index (κ2) is 10.9. The lowest BCUT2D eigenvalue weighted by Crippen LogP contribution is -2.41. The van der Waals surface area contributed by atoms with Gasteiger partial charge in [0.2, 0.25) is 0 Å². The Bertz CT molecular complexity index is 740. The highest BCUT2D eigenvalue weighted by Gasteiger charge is 2.24. The number of amides is 1. The SMILES string of the molecule is C=C(C)c1cccc(C(C)(C)NC(=O)OCc2ccc(C)cc2)c1.II. The highest BCUT2D eigenvalue weighted by molar-refractivity contribution is 15.0. The number of hydrogen-bond acceptors (Lipinski definition) is 2. The molecule has 3 nitrogen and oxygen atoms in total. The lowest BCUT2D eigenvalue weighted by Gasteiger charge is -2.27. The largest absolute Gasteiger partial charge is 0.445 e. The monoisotopic (exact) mass is 577 g/mol. The molecule has 0 aromatic heterocycles. The van der Waals surface area contributed by atoms with Crippen molar-refractivity contribution < 1.29 is 9.53 Å². The summed E-state index contributed by atoms with van der Waals surface area (Å²) in [6.07, 6.45) is -0.429. The van der Waals surface area contributed by atoms with Crippen molar-refractivity contribution in [3.8, 4) is 0 Å². The zero-order valence-electron chi connectivity index (χ0n) is 15.6. The first-order valence-electron chi connectivity index (χ1n) is 8.19. The van der Waals surface area contributed by atoms with Crippen molar-refractivity contribution in [2.24, 2.45) is 0 Å². The molecule has 0 unspecified atom stereocenters. The number of alkyl carbamates (subject to hydrolysis) is 1. The van der Waals surface area contributed by atoms with E-state index >= 15 is 0 Å². The topological polar surface area (TPSA) is 38.3 Å². The lowest BCUT2D eigenvalue weighted by molar-refractivity contribution is 0.129. The van der Waals surface area contributed by atoms with Crippen molar-refractivity contribution in [3.63, 3.8) is 0 Å². The molecule has 0 aliphatic rings. The molecule has 0 spiro atoms. The maximum atomic E-state index is 12.1. The minimum Gasteiger partial charge on any atom is -0.445 e. The molecule has 0 bridgehead atoms. The molecule has 0 radical (unpaired) electrons. The van der Waals surface area contributed by atoms with Crippen LogP contribution in [0.1, 0.15) is 43.0 Å². The normalized spacial score (nSPS) is 10.4. The van der Waals surface area contributed by atoms with Crippen LogP contribution in [0.25, 0.3) is 5.57 Å². The Balaban J connectivity index is 0.00000163. The molecule has 0 atom stereocenters. The first-order chi connectivity index (χ1) is 12.3. The summed E-state index contributed by atoms with van der Waals surface area (Å²) >= 11 is 4.24. The number of rotatable bonds is 5. The van der Waals surface area contributed by atoms with Crippen LogP contribution in [-0.2, 0) is 16.9 Å². The van der Waals surface area contributed by atoms with Gasteiger partial charge in [-0.2, -0.15) is 0 Å². The van der Waals surface area contributed by atoms with Crippen LogP contribution in [0, 0.1) is 6.92 Å². The summed E-state index contributed by atoms with van der Waals surface area (Å²) in [6.45, 7) is 12.1. The van der Waals surface area contributed by atoms with Crippen molar-refractivity contribution in [3.05, 3.63) is 77.4 Å². The van der Waals surface area contributed by atoms with Gasteiger partial charge in [-0.15, -0.1) is 0 Å².